The fourth-order valence-electron chi connectivity index (χ4n) is 2.51. The molecule has 5 heteroatoms. The number of aliphatic hydroxyl groups excluding tert-OH is 1. The van der Waals surface area contributed by atoms with Crippen LogP contribution in [0.4, 0.5) is 5.69 Å². The number of nitrogens with one attached hydrogen (secondary N) is 1. The Kier molecular flexibility index (Phi) is 4.54. The average Bonchev–Trinajstić information content (AvgIpc) is 2.48. The number of nitrogen functional groups attached to an aromatic ring is 1. The monoisotopic (exact) mass is 292 g/mol. The largest absolute Gasteiger partial charge is 0.399 e. The third-order valence-corrected chi connectivity index (χ3v) is 4.33. The summed E-state index contributed by atoms with van der Waals surface area (Å²) < 4.78 is 5.32. The number of rotatable bonds is 4. The van der Waals surface area contributed by atoms with Crippen molar-refractivity contribution >= 4 is 11.6 Å². The number of carbonyl (C=O) groups excluding carboxylic acids is 1. The van der Waals surface area contributed by atoms with Gasteiger partial charge in [-0.25, -0.2) is 0 Å². The molecule has 1 aromatic rings. The van der Waals surface area contributed by atoms with E-state index in [1.807, 2.05) is 26.0 Å². The molecule has 1 aliphatic heterocycles. The molecule has 0 saturated carbocycles. The summed E-state index contributed by atoms with van der Waals surface area (Å²) in [7, 11) is 0. The van der Waals surface area contributed by atoms with Crippen LogP contribution in [0.25, 0.3) is 0 Å². The summed E-state index contributed by atoms with van der Waals surface area (Å²) in [5.74, 6) is -0.0942. The fraction of sp³-hybridized carbons (Fsp3) is 0.562. The number of hydrogen-bond donors (Lipinski definition) is 3. The second-order valence-electron chi connectivity index (χ2n) is 6.25. The lowest BCUT2D eigenvalue weighted by Crippen LogP contribution is -2.58. The molecule has 0 atom stereocenters. The molecule has 1 aliphatic rings. The molecule has 0 aromatic heterocycles. The highest BCUT2D eigenvalue weighted by molar-refractivity contribution is 5.88. The van der Waals surface area contributed by atoms with E-state index < -0.39 is 11.0 Å². The number of carbonyl (C=O) groups is 1. The number of hydrogen-bond acceptors (Lipinski definition) is 4. The molecule has 1 amide bonds. The Morgan fingerprint density at radius 2 is 1.90 bits per heavy atom. The number of nitrogens with two attached hydrogens (primary N) is 1. The quantitative estimate of drug-likeness (QED) is 0.728. The Labute approximate surface area is 125 Å². The molecule has 0 spiro atoms. The van der Waals surface area contributed by atoms with Gasteiger partial charge in [-0.05, 0) is 44.4 Å². The number of anilines is 1. The molecule has 21 heavy (non-hydrogen) atoms. The van der Waals surface area contributed by atoms with Gasteiger partial charge in [0.15, 0.2) is 0 Å². The van der Waals surface area contributed by atoms with Crippen LogP contribution in [0.5, 0.6) is 0 Å². The first-order valence-electron chi connectivity index (χ1n) is 7.27. The number of benzene rings is 1. The van der Waals surface area contributed by atoms with Crippen molar-refractivity contribution in [3.63, 3.8) is 0 Å². The van der Waals surface area contributed by atoms with Crippen molar-refractivity contribution in [2.75, 3.05) is 25.6 Å². The van der Waals surface area contributed by atoms with Gasteiger partial charge in [-0.1, -0.05) is 12.1 Å². The maximum absolute atomic E-state index is 12.7. The van der Waals surface area contributed by atoms with E-state index in [2.05, 4.69) is 5.32 Å². The maximum Gasteiger partial charge on any atom is 0.230 e. The molecule has 1 aromatic carbocycles. The summed E-state index contributed by atoms with van der Waals surface area (Å²) in [6.45, 7) is 4.79. The summed E-state index contributed by atoms with van der Waals surface area (Å²) in [6.07, 6.45) is 1.26. The predicted molar refractivity (Wildman–Crippen MR) is 81.9 cm³/mol. The third-order valence-electron chi connectivity index (χ3n) is 4.33. The highest BCUT2D eigenvalue weighted by Crippen LogP contribution is 2.27. The second-order valence-corrected chi connectivity index (χ2v) is 6.25. The highest BCUT2D eigenvalue weighted by atomic mass is 16.5. The van der Waals surface area contributed by atoms with Crippen molar-refractivity contribution in [2.45, 2.75) is 37.6 Å². The van der Waals surface area contributed by atoms with Crippen molar-refractivity contribution in [1.82, 2.24) is 5.32 Å². The van der Waals surface area contributed by atoms with Crippen LogP contribution in [0.1, 0.15) is 32.3 Å². The third kappa shape index (κ3) is 3.36. The summed E-state index contributed by atoms with van der Waals surface area (Å²) in [5.41, 5.74) is 6.01. The zero-order chi connectivity index (χ0) is 15.5. The molecule has 1 fully saturated rings. The molecular formula is C16H24N2O3. The van der Waals surface area contributed by atoms with E-state index in [1.54, 1.807) is 12.1 Å². The van der Waals surface area contributed by atoms with Crippen LogP contribution in [0, 0.1) is 0 Å². The molecule has 0 aliphatic carbocycles. The van der Waals surface area contributed by atoms with Crippen molar-refractivity contribution < 1.29 is 14.6 Å². The first-order chi connectivity index (χ1) is 9.89. The van der Waals surface area contributed by atoms with E-state index in [-0.39, 0.29) is 12.5 Å². The Morgan fingerprint density at radius 1 is 1.33 bits per heavy atom. The van der Waals surface area contributed by atoms with Gasteiger partial charge in [0.25, 0.3) is 0 Å². The van der Waals surface area contributed by atoms with Crippen molar-refractivity contribution in [1.29, 1.82) is 0 Å². The summed E-state index contributed by atoms with van der Waals surface area (Å²) in [5, 5.41) is 12.7. The van der Waals surface area contributed by atoms with Crippen LogP contribution < -0.4 is 11.1 Å². The SMILES string of the molecule is CC(C)(C(=O)NC1(CO)CCOCC1)c1ccc(N)cc1. The van der Waals surface area contributed by atoms with Gasteiger partial charge in [0.05, 0.1) is 17.6 Å². The van der Waals surface area contributed by atoms with Gasteiger partial charge in [0.1, 0.15) is 0 Å². The molecule has 2 rings (SSSR count). The lowest BCUT2D eigenvalue weighted by atomic mass is 9.81. The smallest absolute Gasteiger partial charge is 0.230 e. The molecule has 116 valence electrons. The Bertz CT molecular complexity index is 491. The van der Waals surface area contributed by atoms with Gasteiger partial charge < -0.3 is 20.9 Å². The number of aliphatic hydroxyl groups is 1. The molecule has 5 nitrogen and oxygen atoms in total. The molecule has 0 unspecified atom stereocenters. The summed E-state index contributed by atoms with van der Waals surface area (Å²) in [6, 6.07) is 7.32. The Balaban J connectivity index is 2.15. The lowest BCUT2D eigenvalue weighted by Gasteiger charge is -2.39. The van der Waals surface area contributed by atoms with E-state index in [1.165, 1.54) is 0 Å². The minimum absolute atomic E-state index is 0.0695. The van der Waals surface area contributed by atoms with Crippen LogP contribution in [0.3, 0.4) is 0 Å². The number of amides is 1. The minimum atomic E-state index is -0.686. The number of ether oxygens (including phenoxy) is 1. The van der Waals surface area contributed by atoms with Crippen LogP contribution in [0.2, 0.25) is 0 Å². The van der Waals surface area contributed by atoms with E-state index >= 15 is 0 Å². The first-order valence-corrected chi connectivity index (χ1v) is 7.27. The van der Waals surface area contributed by atoms with Crippen LogP contribution >= 0.6 is 0 Å². The van der Waals surface area contributed by atoms with Gasteiger partial charge in [-0.3, -0.25) is 4.79 Å². The molecular weight excluding hydrogens is 268 g/mol. The van der Waals surface area contributed by atoms with Gasteiger partial charge in [0.2, 0.25) is 5.91 Å². The van der Waals surface area contributed by atoms with Crippen molar-refractivity contribution in [2.24, 2.45) is 0 Å². The molecule has 1 saturated heterocycles. The van der Waals surface area contributed by atoms with Gasteiger partial charge in [-0.15, -0.1) is 0 Å². The normalized spacial score (nSPS) is 18.2. The van der Waals surface area contributed by atoms with Gasteiger partial charge in [0, 0.05) is 18.9 Å². The van der Waals surface area contributed by atoms with Gasteiger partial charge in [-0.2, -0.15) is 0 Å². The second kappa shape index (κ2) is 6.03. The van der Waals surface area contributed by atoms with Crippen molar-refractivity contribution in [3.05, 3.63) is 29.8 Å². The van der Waals surface area contributed by atoms with Crippen LogP contribution in [-0.2, 0) is 14.9 Å². The van der Waals surface area contributed by atoms with E-state index in [0.29, 0.717) is 31.7 Å². The topological polar surface area (TPSA) is 84.6 Å². The first kappa shape index (κ1) is 15.8. The van der Waals surface area contributed by atoms with Crippen molar-refractivity contribution in [3.8, 4) is 0 Å². The molecule has 1 heterocycles. The zero-order valence-electron chi connectivity index (χ0n) is 12.7. The Hall–Kier alpha value is -1.59. The van der Waals surface area contributed by atoms with E-state index in [0.717, 1.165) is 5.56 Å². The van der Waals surface area contributed by atoms with Crippen LogP contribution in [0.15, 0.2) is 24.3 Å². The Morgan fingerprint density at radius 3 is 2.43 bits per heavy atom. The lowest BCUT2D eigenvalue weighted by molar-refractivity contribution is -0.130. The highest BCUT2D eigenvalue weighted by Gasteiger charge is 2.38. The molecule has 0 radical (unpaired) electrons. The van der Waals surface area contributed by atoms with Crippen LogP contribution in [-0.4, -0.2) is 36.4 Å². The predicted octanol–water partition coefficient (Wildman–Crippen LogP) is 1.20. The summed E-state index contributed by atoms with van der Waals surface area (Å²) in [4.78, 5) is 12.7. The van der Waals surface area contributed by atoms with Gasteiger partial charge >= 0.3 is 0 Å². The molecule has 0 bridgehead atoms. The summed E-state index contributed by atoms with van der Waals surface area (Å²) >= 11 is 0. The minimum Gasteiger partial charge on any atom is -0.399 e. The maximum atomic E-state index is 12.7. The fourth-order valence-corrected chi connectivity index (χ4v) is 2.51. The average molecular weight is 292 g/mol. The molecule has 4 N–H and O–H groups in total. The van der Waals surface area contributed by atoms with E-state index in [4.69, 9.17) is 10.5 Å². The standard InChI is InChI=1S/C16H24N2O3/c1-15(2,12-3-5-13(17)6-4-12)14(20)18-16(11-19)7-9-21-10-8-16/h3-6,19H,7-11,17H2,1-2H3,(H,18,20). The van der Waals surface area contributed by atoms with E-state index in [9.17, 15) is 9.90 Å². The zero-order valence-corrected chi connectivity index (χ0v) is 12.7.